The van der Waals surface area contributed by atoms with Crippen LogP contribution in [-0.4, -0.2) is 29.6 Å². The van der Waals surface area contributed by atoms with Crippen molar-refractivity contribution in [1.82, 2.24) is 0 Å². The first-order valence-electron chi connectivity index (χ1n) is 9.12. The maximum Gasteiger partial charge on any atom is 0.262 e. The average Bonchev–Trinajstić information content (AvgIpc) is 2.58. The van der Waals surface area contributed by atoms with Gasteiger partial charge in [-0.2, -0.15) is 0 Å². The average molecular weight is 423 g/mol. The van der Waals surface area contributed by atoms with E-state index in [1.54, 1.807) is 32.0 Å². The molecule has 2 aromatic rings. The number of benzene rings is 2. The third kappa shape index (κ3) is 3.75. The first kappa shape index (κ1) is 20.7. The van der Waals surface area contributed by atoms with Crippen LogP contribution in [0.25, 0.3) is 0 Å². The molecule has 1 aliphatic heterocycles. The molecule has 2 aromatic carbocycles. The van der Waals surface area contributed by atoms with Crippen LogP contribution in [0.1, 0.15) is 34.2 Å². The molecule has 0 spiro atoms. The number of nitrogens with zero attached hydrogens (tertiary/aromatic N) is 1. The summed E-state index contributed by atoms with van der Waals surface area (Å²) in [5, 5.41) is 0. The van der Waals surface area contributed by atoms with Crippen molar-refractivity contribution in [3.63, 3.8) is 0 Å². The molecule has 0 unspecified atom stereocenters. The molecule has 1 aliphatic rings. The molecule has 0 radical (unpaired) electrons. The summed E-state index contributed by atoms with van der Waals surface area (Å²) >= 11 is 0. The third-order valence-corrected chi connectivity index (χ3v) is 8.21. The number of fused-ring (bicyclic) bond motifs is 1. The van der Waals surface area contributed by atoms with E-state index in [1.165, 1.54) is 10.6 Å². The first-order valence-corrected chi connectivity index (χ1v) is 12.5. The molecule has 1 heterocycles. The van der Waals surface area contributed by atoms with Crippen molar-refractivity contribution in [2.24, 2.45) is 0 Å². The van der Waals surface area contributed by atoms with Crippen LogP contribution in [0.3, 0.4) is 0 Å². The van der Waals surface area contributed by atoms with E-state index < -0.39 is 20.0 Å². The molecule has 28 heavy (non-hydrogen) atoms. The number of rotatable bonds is 4. The highest BCUT2D eigenvalue weighted by molar-refractivity contribution is 7.93. The Morgan fingerprint density at radius 1 is 0.929 bits per heavy atom. The van der Waals surface area contributed by atoms with Crippen LogP contribution in [0.4, 0.5) is 11.4 Å². The molecule has 3 rings (SSSR count). The van der Waals surface area contributed by atoms with Crippen LogP contribution in [0.2, 0.25) is 0 Å². The molecule has 0 aliphatic carbocycles. The molecule has 152 valence electrons. The Balaban J connectivity index is 2.06. The molecule has 0 atom stereocenters. The van der Waals surface area contributed by atoms with Gasteiger partial charge in [0.05, 0.1) is 22.5 Å². The highest BCUT2D eigenvalue weighted by Gasteiger charge is 2.26. The zero-order valence-electron chi connectivity index (χ0n) is 16.8. The summed E-state index contributed by atoms with van der Waals surface area (Å²) in [5.74, 6) is 0. The Kier molecular flexibility index (Phi) is 5.22. The number of aryl methyl sites for hydroxylation is 3. The maximum absolute atomic E-state index is 13.2. The molecule has 8 heteroatoms. The van der Waals surface area contributed by atoms with Crippen LogP contribution < -0.4 is 9.03 Å². The minimum Gasteiger partial charge on any atom is -0.280 e. The monoisotopic (exact) mass is 422 g/mol. The van der Waals surface area contributed by atoms with Gasteiger partial charge in [-0.1, -0.05) is 12.1 Å². The molecule has 1 N–H and O–H groups in total. The quantitative estimate of drug-likeness (QED) is 0.818. The van der Waals surface area contributed by atoms with Gasteiger partial charge in [0.15, 0.2) is 0 Å². The predicted octanol–water partition coefficient (Wildman–Crippen LogP) is 3.43. The zero-order chi connectivity index (χ0) is 20.9. The molecule has 6 nitrogen and oxygen atoms in total. The van der Waals surface area contributed by atoms with Gasteiger partial charge >= 0.3 is 0 Å². The maximum atomic E-state index is 13.2. The van der Waals surface area contributed by atoms with Crippen molar-refractivity contribution in [3.8, 4) is 0 Å². The summed E-state index contributed by atoms with van der Waals surface area (Å²) in [6.07, 6.45) is 2.68. The van der Waals surface area contributed by atoms with Crippen LogP contribution in [0.15, 0.2) is 29.2 Å². The van der Waals surface area contributed by atoms with E-state index in [9.17, 15) is 16.8 Å². The second kappa shape index (κ2) is 7.08. The van der Waals surface area contributed by atoms with Gasteiger partial charge in [-0.25, -0.2) is 16.8 Å². The van der Waals surface area contributed by atoms with Gasteiger partial charge in [-0.15, -0.1) is 0 Å². The van der Waals surface area contributed by atoms with E-state index >= 15 is 0 Å². The number of hydrogen-bond acceptors (Lipinski definition) is 4. The lowest BCUT2D eigenvalue weighted by atomic mass is 10.0. The Bertz CT molecular complexity index is 1130. The minimum absolute atomic E-state index is 0.280. The van der Waals surface area contributed by atoms with Gasteiger partial charge in [-0.3, -0.25) is 9.03 Å². The van der Waals surface area contributed by atoms with Crippen LogP contribution >= 0.6 is 0 Å². The molecular formula is C20H26N2O4S2. The van der Waals surface area contributed by atoms with E-state index in [1.807, 2.05) is 19.9 Å². The van der Waals surface area contributed by atoms with Crippen molar-refractivity contribution >= 4 is 31.4 Å². The van der Waals surface area contributed by atoms with Crippen molar-refractivity contribution in [2.45, 2.75) is 45.4 Å². The summed E-state index contributed by atoms with van der Waals surface area (Å²) in [6.45, 7) is 7.79. The Hall–Kier alpha value is -2.06. The molecule has 0 amide bonds. The number of hydrogen-bond donors (Lipinski definition) is 1. The smallest absolute Gasteiger partial charge is 0.262 e. The van der Waals surface area contributed by atoms with E-state index in [2.05, 4.69) is 4.72 Å². The Morgan fingerprint density at radius 3 is 2.11 bits per heavy atom. The molecular weight excluding hydrogens is 396 g/mol. The largest absolute Gasteiger partial charge is 0.280 e. The highest BCUT2D eigenvalue weighted by Crippen LogP contribution is 2.33. The standard InChI is InChI=1S/C20H26N2O4S2/c1-13-11-14(2)16(4)20(15(13)3)28(25,26)21-18-9-8-17-7-6-10-22(19(17)12-18)27(5,23)24/h8-9,11-12,21H,6-7,10H2,1-5H3. The fourth-order valence-electron chi connectivity index (χ4n) is 3.74. The lowest BCUT2D eigenvalue weighted by Crippen LogP contribution is -2.34. The van der Waals surface area contributed by atoms with Crippen molar-refractivity contribution in [3.05, 3.63) is 52.1 Å². The lowest BCUT2D eigenvalue weighted by molar-refractivity contribution is 0.592. The normalized spacial score (nSPS) is 14.7. The SMILES string of the molecule is Cc1cc(C)c(C)c(S(=O)(=O)Nc2ccc3c(c2)N(S(C)(=O)=O)CCC3)c1C. The van der Waals surface area contributed by atoms with E-state index in [0.29, 0.717) is 29.0 Å². The van der Waals surface area contributed by atoms with Gasteiger partial charge < -0.3 is 0 Å². The van der Waals surface area contributed by atoms with E-state index in [-0.39, 0.29) is 4.90 Å². The van der Waals surface area contributed by atoms with Crippen LogP contribution in [-0.2, 0) is 26.5 Å². The highest BCUT2D eigenvalue weighted by atomic mass is 32.2. The summed E-state index contributed by atoms with van der Waals surface area (Å²) in [7, 11) is -7.24. The molecule has 0 aromatic heterocycles. The second-order valence-corrected chi connectivity index (χ2v) is 11.0. The lowest BCUT2D eigenvalue weighted by Gasteiger charge is -2.29. The van der Waals surface area contributed by atoms with Gasteiger partial charge in [0.1, 0.15) is 0 Å². The molecule has 0 bridgehead atoms. The number of nitrogens with one attached hydrogen (secondary N) is 1. The Morgan fingerprint density at radius 2 is 1.54 bits per heavy atom. The van der Waals surface area contributed by atoms with Gasteiger partial charge in [0, 0.05) is 6.54 Å². The fourth-order valence-corrected chi connectivity index (χ4v) is 6.39. The molecule has 0 fully saturated rings. The number of sulfonamides is 2. The van der Waals surface area contributed by atoms with Crippen molar-refractivity contribution in [1.29, 1.82) is 0 Å². The predicted molar refractivity (Wildman–Crippen MR) is 113 cm³/mol. The Labute approximate surface area is 167 Å². The summed E-state index contributed by atoms with van der Waals surface area (Å²) in [6, 6.07) is 7.08. The zero-order valence-corrected chi connectivity index (χ0v) is 18.5. The molecule has 0 saturated carbocycles. The first-order chi connectivity index (χ1) is 12.9. The van der Waals surface area contributed by atoms with Crippen molar-refractivity contribution < 1.29 is 16.8 Å². The number of anilines is 2. The van der Waals surface area contributed by atoms with E-state index in [0.717, 1.165) is 29.5 Å². The van der Waals surface area contributed by atoms with E-state index in [4.69, 9.17) is 0 Å². The summed E-state index contributed by atoms with van der Waals surface area (Å²) < 4.78 is 54.5. The van der Waals surface area contributed by atoms with Gasteiger partial charge in [0.2, 0.25) is 10.0 Å². The third-order valence-electron chi connectivity index (χ3n) is 5.38. The van der Waals surface area contributed by atoms with Crippen LogP contribution in [0, 0.1) is 27.7 Å². The van der Waals surface area contributed by atoms with Crippen LogP contribution in [0.5, 0.6) is 0 Å². The second-order valence-electron chi connectivity index (χ2n) is 7.48. The fraction of sp³-hybridized carbons (Fsp3) is 0.400. The van der Waals surface area contributed by atoms with Crippen molar-refractivity contribution in [2.75, 3.05) is 21.8 Å². The molecule has 0 saturated heterocycles. The summed E-state index contributed by atoms with van der Waals surface area (Å²) in [5.41, 5.74) is 5.06. The minimum atomic E-state index is -3.82. The topological polar surface area (TPSA) is 83.6 Å². The summed E-state index contributed by atoms with van der Waals surface area (Å²) in [4.78, 5) is 0.280. The van der Waals surface area contributed by atoms with Gasteiger partial charge in [-0.05, 0) is 80.5 Å². The van der Waals surface area contributed by atoms with Gasteiger partial charge in [0.25, 0.3) is 10.0 Å².